The third-order valence-electron chi connectivity index (χ3n) is 3.98. The molecule has 0 aliphatic heterocycles. The number of halogens is 1. The molecule has 27 heavy (non-hydrogen) atoms. The van der Waals surface area contributed by atoms with Gasteiger partial charge in [0.2, 0.25) is 0 Å². The van der Waals surface area contributed by atoms with E-state index in [1.54, 1.807) is 30.3 Å². The molecule has 0 radical (unpaired) electrons. The molecule has 3 rings (SSSR count). The average Bonchev–Trinajstić information content (AvgIpc) is 2.64. The number of esters is 1. The first-order valence-corrected chi connectivity index (χ1v) is 8.60. The van der Waals surface area contributed by atoms with Crippen LogP contribution in [-0.2, 0) is 9.53 Å². The van der Waals surface area contributed by atoms with Crippen LogP contribution in [0.25, 0.3) is 11.0 Å². The molecule has 1 N–H and O–H groups in total. The predicted molar refractivity (Wildman–Crippen MR) is 102 cm³/mol. The number of ether oxygens (including phenoxy) is 1. The number of carbonyl (C=O) groups excluding carboxylic acids is 2. The maximum absolute atomic E-state index is 12.4. The zero-order chi connectivity index (χ0) is 19.6. The van der Waals surface area contributed by atoms with Crippen molar-refractivity contribution in [2.24, 2.45) is 0 Å². The maximum atomic E-state index is 12.4. The van der Waals surface area contributed by atoms with Gasteiger partial charge in [0.05, 0.1) is 33.7 Å². The topological polar surface area (TPSA) is 94.1 Å². The van der Waals surface area contributed by atoms with Crippen LogP contribution in [0.3, 0.4) is 0 Å². The van der Waals surface area contributed by atoms with Crippen LogP contribution in [0.15, 0.2) is 36.5 Å². The van der Waals surface area contributed by atoms with Crippen molar-refractivity contribution in [3.63, 3.8) is 0 Å². The Morgan fingerprint density at radius 3 is 2.52 bits per heavy atom. The minimum Gasteiger partial charge on any atom is -0.449 e. The van der Waals surface area contributed by atoms with Crippen LogP contribution in [0, 0.1) is 13.8 Å². The van der Waals surface area contributed by atoms with Gasteiger partial charge in [0, 0.05) is 6.20 Å². The van der Waals surface area contributed by atoms with Gasteiger partial charge in [0.15, 0.2) is 11.3 Å². The fraction of sp³-hybridized carbons (Fsp3) is 0.211. The quantitative estimate of drug-likeness (QED) is 0.546. The molecule has 1 aromatic carbocycles. The molecule has 1 amide bonds. The summed E-state index contributed by atoms with van der Waals surface area (Å²) in [5, 5.41) is 2.73. The van der Waals surface area contributed by atoms with E-state index in [9.17, 15) is 9.59 Å². The van der Waals surface area contributed by atoms with Crippen LogP contribution in [0.5, 0.6) is 0 Å². The van der Waals surface area contributed by atoms with Gasteiger partial charge in [0.1, 0.15) is 0 Å². The van der Waals surface area contributed by atoms with Crippen molar-refractivity contribution in [3.8, 4) is 0 Å². The molecule has 0 fully saturated rings. The van der Waals surface area contributed by atoms with Crippen molar-refractivity contribution in [1.82, 2.24) is 15.0 Å². The lowest BCUT2D eigenvalue weighted by molar-refractivity contribution is -0.123. The lowest BCUT2D eigenvalue weighted by Gasteiger charge is -2.14. The number of hydrogen-bond donors (Lipinski definition) is 1. The standard InChI is InChI=1S/C19H17ClN4O3/c1-10-11(2)23-16-9-13(6-7-14(16)22-10)19(26)27-12(3)18(25)24-15-5-4-8-21-17(15)20/h4-9,12H,1-3H3,(H,24,25). The molecule has 0 saturated heterocycles. The van der Waals surface area contributed by atoms with Crippen molar-refractivity contribution in [3.05, 3.63) is 58.6 Å². The van der Waals surface area contributed by atoms with E-state index in [1.165, 1.54) is 13.1 Å². The number of nitrogens with one attached hydrogen (secondary N) is 1. The minimum atomic E-state index is -1.02. The number of aryl methyl sites for hydroxylation is 2. The minimum absolute atomic E-state index is 0.156. The number of rotatable bonds is 4. The molecule has 3 aromatic rings. The number of amides is 1. The molecule has 0 spiro atoms. The summed E-state index contributed by atoms with van der Waals surface area (Å²) in [7, 11) is 0. The van der Waals surface area contributed by atoms with Crippen LogP contribution in [0.1, 0.15) is 28.7 Å². The number of aromatic nitrogens is 3. The Morgan fingerprint density at radius 1 is 1.11 bits per heavy atom. The Kier molecular flexibility index (Phi) is 5.32. The summed E-state index contributed by atoms with van der Waals surface area (Å²) in [6.45, 7) is 5.20. The van der Waals surface area contributed by atoms with Gasteiger partial charge in [-0.3, -0.25) is 4.79 Å². The fourth-order valence-electron chi connectivity index (χ4n) is 2.35. The lowest BCUT2D eigenvalue weighted by Crippen LogP contribution is -2.30. The molecule has 0 saturated carbocycles. The summed E-state index contributed by atoms with van der Waals surface area (Å²) in [5.41, 5.74) is 3.53. The highest BCUT2D eigenvalue weighted by Crippen LogP contribution is 2.19. The summed E-state index contributed by atoms with van der Waals surface area (Å²) in [4.78, 5) is 37.3. The second kappa shape index (κ2) is 7.67. The molecular weight excluding hydrogens is 368 g/mol. The van der Waals surface area contributed by atoms with Gasteiger partial charge in [-0.2, -0.15) is 0 Å². The predicted octanol–water partition coefficient (Wildman–Crippen LogP) is 3.48. The van der Waals surface area contributed by atoms with Gasteiger partial charge in [0.25, 0.3) is 5.91 Å². The Hall–Kier alpha value is -3.06. The zero-order valence-electron chi connectivity index (χ0n) is 15.0. The largest absolute Gasteiger partial charge is 0.449 e. The van der Waals surface area contributed by atoms with Crippen molar-refractivity contribution in [2.75, 3.05) is 5.32 Å². The van der Waals surface area contributed by atoms with Gasteiger partial charge < -0.3 is 10.1 Å². The third kappa shape index (κ3) is 4.20. The first-order valence-electron chi connectivity index (χ1n) is 8.22. The van der Waals surface area contributed by atoms with Crippen LogP contribution in [0.2, 0.25) is 5.15 Å². The highest BCUT2D eigenvalue weighted by molar-refractivity contribution is 6.32. The number of carbonyl (C=O) groups is 2. The van der Waals surface area contributed by atoms with Crippen LogP contribution < -0.4 is 5.32 Å². The lowest BCUT2D eigenvalue weighted by atomic mass is 10.2. The SMILES string of the molecule is Cc1nc2ccc(C(=O)OC(C)C(=O)Nc3cccnc3Cl)cc2nc1C. The van der Waals surface area contributed by atoms with Gasteiger partial charge in [-0.25, -0.2) is 19.7 Å². The van der Waals surface area contributed by atoms with Gasteiger partial charge in [-0.1, -0.05) is 11.6 Å². The molecule has 2 aromatic heterocycles. The van der Waals surface area contributed by atoms with E-state index in [1.807, 2.05) is 13.8 Å². The maximum Gasteiger partial charge on any atom is 0.338 e. The zero-order valence-corrected chi connectivity index (χ0v) is 15.7. The van der Waals surface area contributed by atoms with E-state index in [0.717, 1.165) is 11.4 Å². The Labute approximate surface area is 160 Å². The molecular formula is C19H17ClN4O3. The number of nitrogens with zero attached hydrogens (tertiary/aromatic N) is 3. The Morgan fingerprint density at radius 2 is 1.81 bits per heavy atom. The third-order valence-corrected chi connectivity index (χ3v) is 4.28. The summed E-state index contributed by atoms with van der Waals surface area (Å²) >= 11 is 5.91. The summed E-state index contributed by atoms with van der Waals surface area (Å²) in [6.07, 6.45) is 0.489. The first-order chi connectivity index (χ1) is 12.8. The van der Waals surface area contributed by atoms with Gasteiger partial charge in [-0.05, 0) is 51.1 Å². The number of anilines is 1. The molecule has 8 heteroatoms. The molecule has 138 valence electrons. The summed E-state index contributed by atoms with van der Waals surface area (Å²) in [6, 6.07) is 8.13. The van der Waals surface area contributed by atoms with Crippen molar-refractivity contribution >= 4 is 40.2 Å². The van der Waals surface area contributed by atoms with Crippen LogP contribution in [-0.4, -0.2) is 32.9 Å². The summed E-state index contributed by atoms with van der Waals surface area (Å²) < 4.78 is 5.25. The second-order valence-electron chi connectivity index (χ2n) is 5.98. The molecule has 1 atom stereocenters. The monoisotopic (exact) mass is 384 g/mol. The van der Waals surface area contributed by atoms with Crippen molar-refractivity contribution in [1.29, 1.82) is 0 Å². The van der Waals surface area contributed by atoms with E-state index >= 15 is 0 Å². The highest BCUT2D eigenvalue weighted by atomic mass is 35.5. The normalized spacial score (nSPS) is 11.9. The second-order valence-corrected chi connectivity index (χ2v) is 6.33. The fourth-order valence-corrected chi connectivity index (χ4v) is 2.52. The van der Waals surface area contributed by atoms with E-state index in [4.69, 9.17) is 16.3 Å². The molecule has 0 bridgehead atoms. The summed E-state index contributed by atoms with van der Waals surface area (Å²) in [5.74, 6) is -1.14. The number of fused-ring (bicyclic) bond motifs is 1. The Balaban J connectivity index is 1.72. The molecule has 0 aliphatic rings. The Bertz CT molecular complexity index is 1040. The van der Waals surface area contributed by atoms with Gasteiger partial charge in [-0.15, -0.1) is 0 Å². The van der Waals surface area contributed by atoms with E-state index < -0.39 is 18.0 Å². The molecule has 7 nitrogen and oxygen atoms in total. The number of hydrogen-bond acceptors (Lipinski definition) is 6. The van der Waals surface area contributed by atoms with E-state index in [-0.39, 0.29) is 5.15 Å². The smallest absolute Gasteiger partial charge is 0.338 e. The van der Waals surface area contributed by atoms with Crippen molar-refractivity contribution in [2.45, 2.75) is 26.9 Å². The molecule has 2 heterocycles. The number of pyridine rings is 1. The van der Waals surface area contributed by atoms with Gasteiger partial charge >= 0.3 is 5.97 Å². The molecule has 1 unspecified atom stereocenters. The number of benzene rings is 1. The van der Waals surface area contributed by atoms with E-state index in [0.29, 0.717) is 22.3 Å². The average molecular weight is 385 g/mol. The van der Waals surface area contributed by atoms with Crippen molar-refractivity contribution < 1.29 is 14.3 Å². The van der Waals surface area contributed by atoms with Crippen LogP contribution in [0.4, 0.5) is 5.69 Å². The van der Waals surface area contributed by atoms with E-state index in [2.05, 4.69) is 20.3 Å². The highest BCUT2D eigenvalue weighted by Gasteiger charge is 2.20. The first kappa shape index (κ1) is 18.7. The van der Waals surface area contributed by atoms with Crippen LogP contribution >= 0.6 is 11.6 Å². The molecule has 0 aliphatic carbocycles.